The van der Waals surface area contributed by atoms with Crippen molar-refractivity contribution in [1.82, 2.24) is 4.98 Å². The highest BCUT2D eigenvalue weighted by Gasteiger charge is 2.33. The molecule has 3 nitrogen and oxygen atoms in total. The van der Waals surface area contributed by atoms with Crippen LogP contribution in [-0.2, 0) is 0 Å². The first kappa shape index (κ1) is 11.8. The molecule has 0 aromatic carbocycles. The molecule has 0 aliphatic carbocycles. The molecule has 0 fully saturated rings. The molecule has 7 heteroatoms. The van der Waals surface area contributed by atoms with E-state index in [1.165, 1.54) is 13.1 Å². The molecular weight excluding hydrogens is 277 g/mol. The van der Waals surface area contributed by atoms with Gasteiger partial charge in [0.05, 0.1) is 10.2 Å². The molecule has 0 atom stereocenters. The minimum atomic E-state index is -4.83. The SMILES string of the molecule is Cc1ncc(Br)c(C#N)c1OC(F)(F)F. The van der Waals surface area contributed by atoms with Crippen LogP contribution in [0.2, 0.25) is 0 Å². The quantitative estimate of drug-likeness (QED) is 0.795. The first-order valence-electron chi connectivity index (χ1n) is 3.66. The maximum Gasteiger partial charge on any atom is 0.573 e. The van der Waals surface area contributed by atoms with Crippen LogP contribution in [0.4, 0.5) is 13.2 Å². The highest BCUT2D eigenvalue weighted by molar-refractivity contribution is 9.10. The predicted molar refractivity (Wildman–Crippen MR) is 48.1 cm³/mol. The third-order valence-corrected chi connectivity index (χ3v) is 2.10. The average Bonchev–Trinajstić information content (AvgIpc) is 2.10. The number of nitriles is 1. The summed E-state index contributed by atoms with van der Waals surface area (Å²) in [5.74, 6) is -0.570. The first-order chi connectivity index (χ1) is 6.85. The second-order valence-electron chi connectivity index (χ2n) is 2.56. The summed E-state index contributed by atoms with van der Waals surface area (Å²) in [6, 6.07) is 1.62. The van der Waals surface area contributed by atoms with E-state index in [0.717, 1.165) is 0 Å². The van der Waals surface area contributed by atoms with E-state index < -0.39 is 12.1 Å². The number of hydrogen-bond donors (Lipinski definition) is 0. The maximum atomic E-state index is 12.0. The van der Waals surface area contributed by atoms with E-state index >= 15 is 0 Å². The van der Waals surface area contributed by atoms with Gasteiger partial charge in [0.15, 0.2) is 5.75 Å². The van der Waals surface area contributed by atoms with Crippen LogP contribution in [0.1, 0.15) is 11.3 Å². The number of aryl methyl sites for hydroxylation is 1. The second kappa shape index (κ2) is 4.06. The van der Waals surface area contributed by atoms with E-state index in [1.54, 1.807) is 6.07 Å². The third-order valence-electron chi connectivity index (χ3n) is 1.50. The van der Waals surface area contributed by atoms with Crippen LogP contribution in [0.25, 0.3) is 0 Å². The lowest BCUT2D eigenvalue weighted by molar-refractivity contribution is -0.275. The second-order valence-corrected chi connectivity index (χ2v) is 3.41. The lowest BCUT2D eigenvalue weighted by Gasteiger charge is -2.12. The summed E-state index contributed by atoms with van der Waals surface area (Å²) in [5, 5.41) is 8.67. The average molecular weight is 281 g/mol. The number of aromatic nitrogens is 1. The zero-order valence-electron chi connectivity index (χ0n) is 7.39. The van der Waals surface area contributed by atoms with Crippen LogP contribution in [0.5, 0.6) is 5.75 Å². The van der Waals surface area contributed by atoms with Crippen molar-refractivity contribution in [1.29, 1.82) is 5.26 Å². The maximum absolute atomic E-state index is 12.0. The fourth-order valence-electron chi connectivity index (χ4n) is 0.911. The lowest BCUT2D eigenvalue weighted by Crippen LogP contribution is -2.19. The van der Waals surface area contributed by atoms with Gasteiger partial charge in [-0.15, -0.1) is 13.2 Å². The Balaban J connectivity index is 3.28. The zero-order chi connectivity index (χ0) is 11.6. The number of ether oxygens (including phenoxy) is 1. The fraction of sp³-hybridized carbons (Fsp3) is 0.250. The molecular formula is C8H4BrF3N2O. The molecule has 1 aromatic heterocycles. The van der Waals surface area contributed by atoms with Gasteiger partial charge in [-0.3, -0.25) is 4.98 Å². The zero-order valence-corrected chi connectivity index (χ0v) is 8.98. The van der Waals surface area contributed by atoms with Gasteiger partial charge >= 0.3 is 6.36 Å². The molecule has 0 spiro atoms. The van der Waals surface area contributed by atoms with E-state index in [4.69, 9.17) is 5.26 Å². The molecule has 0 unspecified atom stereocenters. The topological polar surface area (TPSA) is 45.9 Å². The molecule has 0 aliphatic heterocycles. The van der Waals surface area contributed by atoms with Gasteiger partial charge in [-0.1, -0.05) is 0 Å². The van der Waals surface area contributed by atoms with Crippen molar-refractivity contribution in [3.05, 3.63) is 21.9 Å². The molecule has 1 rings (SSSR count). The Hall–Kier alpha value is -1.29. The first-order valence-corrected chi connectivity index (χ1v) is 4.45. The van der Waals surface area contributed by atoms with Crippen molar-refractivity contribution in [3.63, 3.8) is 0 Å². The van der Waals surface area contributed by atoms with Gasteiger partial charge in [-0.2, -0.15) is 5.26 Å². The molecule has 0 radical (unpaired) electrons. The Morgan fingerprint density at radius 2 is 2.13 bits per heavy atom. The molecule has 15 heavy (non-hydrogen) atoms. The Morgan fingerprint density at radius 3 is 2.60 bits per heavy atom. The molecule has 0 aliphatic rings. The van der Waals surface area contributed by atoms with Gasteiger partial charge < -0.3 is 4.74 Å². The minimum Gasteiger partial charge on any atom is -0.402 e. The van der Waals surface area contributed by atoms with Gasteiger partial charge in [-0.05, 0) is 22.9 Å². The van der Waals surface area contributed by atoms with Crippen molar-refractivity contribution in [2.45, 2.75) is 13.3 Å². The van der Waals surface area contributed by atoms with E-state index in [-0.39, 0.29) is 15.7 Å². The number of pyridine rings is 1. The van der Waals surface area contributed by atoms with Crippen molar-refractivity contribution in [3.8, 4) is 11.8 Å². The van der Waals surface area contributed by atoms with Crippen LogP contribution < -0.4 is 4.74 Å². The van der Waals surface area contributed by atoms with Crippen molar-refractivity contribution < 1.29 is 17.9 Å². The smallest absolute Gasteiger partial charge is 0.402 e. The van der Waals surface area contributed by atoms with Crippen LogP contribution in [0.3, 0.4) is 0 Å². The highest BCUT2D eigenvalue weighted by atomic mass is 79.9. The normalized spacial score (nSPS) is 10.9. The van der Waals surface area contributed by atoms with E-state index in [9.17, 15) is 13.2 Å². The van der Waals surface area contributed by atoms with Crippen LogP contribution >= 0.6 is 15.9 Å². The van der Waals surface area contributed by atoms with Gasteiger partial charge in [-0.25, -0.2) is 0 Å². The van der Waals surface area contributed by atoms with Crippen LogP contribution in [0.15, 0.2) is 10.7 Å². The molecule has 1 aromatic rings. The van der Waals surface area contributed by atoms with Crippen molar-refractivity contribution >= 4 is 15.9 Å². The molecule has 0 N–H and O–H groups in total. The summed E-state index contributed by atoms with van der Waals surface area (Å²) in [6.07, 6.45) is -3.59. The minimum absolute atomic E-state index is 0.00655. The van der Waals surface area contributed by atoms with Crippen LogP contribution in [0, 0.1) is 18.3 Å². The number of halogens is 4. The van der Waals surface area contributed by atoms with Crippen LogP contribution in [-0.4, -0.2) is 11.3 Å². The van der Waals surface area contributed by atoms with Crippen molar-refractivity contribution in [2.24, 2.45) is 0 Å². The number of alkyl halides is 3. The number of nitrogens with zero attached hydrogens (tertiary/aromatic N) is 2. The van der Waals surface area contributed by atoms with Gasteiger partial charge in [0.1, 0.15) is 11.6 Å². The number of rotatable bonds is 1. The predicted octanol–water partition coefficient (Wildman–Crippen LogP) is 2.92. The molecule has 80 valence electrons. The highest BCUT2D eigenvalue weighted by Crippen LogP contribution is 2.32. The van der Waals surface area contributed by atoms with Gasteiger partial charge in [0, 0.05) is 6.20 Å². The molecule has 0 amide bonds. The van der Waals surface area contributed by atoms with E-state index in [2.05, 4.69) is 25.7 Å². The molecule has 0 bridgehead atoms. The summed E-state index contributed by atoms with van der Waals surface area (Å²) < 4.78 is 39.9. The summed E-state index contributed by atoms with van der Waals surface area (Å²) in [5.41, 5.74) is -0.216. The summed E-state index contributed by atoms with van der Waals surface area (Å²) in [7, 11) is 0. The van der Waals surface area contributed by atoms with Crippen molar-refractivity contribution in [2.75, 3.05) is 0 Å². The van der Waals surface area contributed by atoms with E-state index in [0.29, 0.717) is 0 Å². The Labute approximate surface area is 91.6 Å². The summed E-state index contributed by atoms with van der Waals surface area (Å²) in [6.45, 7) is 1.33. The standard InChI is InChI=1S/C8H4BrF3N2O/c1-4-7(15-8(10,11)12)5(2-13)6(9)3-14-4/h3H,1H3. The Kier molecular flexibility index (Phi) is 3.19. The largest absolute Gasteiger partial charge is 0.573 e. The lowest BCUT2D eigenvalue weighted by atomic mass is 10.2. The van der Waals surface area contributed by atoms with E-state index in [1.807, 2.05) is 0 Å². The Morgan fingerprint density at radius 1 is 1.53 bits per heavy atom. The molecule has 0 saturated carbocycles. The van der Waals surface area contributed by atoms with Gasteiger partial charge in [0.2, 0.25) is 0 Å². The third kappa shape index (κ3) is 2.83. The molecule has 0 saturated heterocycles. The molecule has 1 heterocycles. The Bertz CT molecular complexity index is 425. The monoisotopic (exact) mass is 280 g/mol. The number of hydrogen-bond acceptors (Lipinski definition) is 3. The van der Waals surface area contributed by atoms with Gasteiger partial charge in [0.25, 0.3) is 0 Å². The fourth-order valence-corrected chi connectivity index (χ4v) is 1.28. The summed E-state index contributed by atoms with van der Waals surface area (Å²) in [4.78, 5) is 3.65. The summed E-state index contributed by atoms with van der Waals surface area (Å²) >= 11 is 2.92.